The molecule has 0 amide bonds. The number of methoxy groups -OCH3 is 2. The highest BCUT2D eigenvalue weighted by atomic mass is 16.8. The van der Waals surface area contributed by atoms with Gasteiger partial charge in [-0.2, -0.15) is 0 Å². The van der Waals surface area contributed by atoms with Crippen molar-refractivity contribution in [3.63, 3.8) is 0 Å². The van der Waals surface area contributed by atoms with Gasteiger partial charge >= 0.3 is 11.9 Å². The standard InChI is InChI=1S/C41H62O19/c1-16-21-13-41(52-6)34(40(21,4)38(50)54-16)20-8-7-18-11-19(9-10-39(18,3)26(20)35(49)60-41)55-25-12-22(51-5)32(17(2)53-25)58-37-31(48)29(46)33(24(15-43)57-37)59-36-30(47)28(45)27(44)23(14-42)56-36/h7,16-17,19-34,36-37,42-48H,8-15H2,1-6H3/t16-,17+,19-,20+,21-,22+,23+,24+,25-,26+,27+,28-,29+,30+,31+,32-,33+,34+,36-,37-,39-,40+,41-/m0/s1. The molecule has 3 aliphatic carbocycles. The predicted octanol–water partition coefficient (Wildman–Crippen LogP) is -1.23. The molecular weight excluding hydrogens is 796 g/mol. The first-order valence-corrected chi connectivity index (χ1v) is 21.2. The molecule has 7 fully saturated rings. The van der Waals surface area contributed by atoms with Crippen molar-refractivity contribution in [2.75, 3.05) is 27.4 Å². The minimum absolute atomic E-state index is 0.132. The molecule has 5 heterocycles. The van der Waals surface area contributed by atoms with Gasteiger partial charge in [-0.1, -0.05) is 18.6 Å². The van der Waals surface area contributed by atoms with Crippen LogP contribution in [0.25, 0.3) is 0 Å². The molecule has 0 bridgehead atoms. The maximum absolute atomic E-state index is 14.1. The van der Waals surface area contributed by atoms with Crippen LogP contribution in [0.5, 0.6) is 0 Å². The zero-order chi connectivity index (χ0) is 43.2. The van der Waals surface area contributed by atoms with E-state index in [-0.39, 0.29) is 48.3 Å². The molecule has 2 saturated carbocycles. The normalized spacial score (nSPS) is 53.9. The Labute approximate surface area is 348 Å². The van der Waals surface area contributed by atoms with Crippen LogP contribution in [-0.2, 0) is 57.0 Å². The Bertz CT molecular complexity index is 1630. The van der Waals surface area contributed by atoms with Gasteiger partial charge in [0.25, 0.3) is 0 Å². The Kier molecular flexibility index (Phi) is 12.3. The summed E-state index contributed by atoms with van der Waals surface area (Å²) in [5.41, 5.74) is -0.259. The number of cyclic esters (lactones) is 1. The second-order valence-electron chi connectivity index (χ2n) is 18.5. The molecule has 0 aromatic heterocycles. The van der Waals surface area contributed by atoms with Gasteiger partial charge in [0.15, 0.2) is 18.9 Å². The quantitative estimate of drug-likeness (QED) is 0.100. The van der Waals surface area contributed by atoms with Crippen LogP contribution in [0.4, 0.5) is 0 Å². The third-order valence-electron chi connectivity index (χ3n) is 15.4. The van der Waals surface area contributed by atoms with Crippen LogP contribution in [0.2, 0.25) is 0 Å². The molecule has 0 aromatic carbocycles. The number of carbonyl (C=O) groups is 2. The fourth-order valence-electron chi connectivity index (χ4n) is 12.2. The van der Waals surface area contributed by atoms with Crippen LogP contribution in [0.3, 0.4) is 0 Å². The maximum Gasteiger partial charge on any atom is 0.313 e. The van der Waals surface area contributed by atoms with Gasteiger partial charge in [0.2, 0.25) is 5.79 Å². The van der Waals surface area contributed by atoms with Crippen molar-refractivity contribution in [2.24, 2.45) is 34.5 Å². The van der Waals surface area contributed by atoms with E-state index in [2.05, 4.69) is 13.0 Å². The summed E-state index contributed by atoms with van der Waals surface area (Å²) in [5.74, 6) is -2.87. The molecule has 0 spiro atoms. The number of esters is 2. The number of rotatable bonds is 10. The van der Waals surface area contributed by atoms with Crippen LogP contribution in [0.15, 0.2) is 11.6 Å². The summed E-state index contributed by atoms with van der Waals surface area (Å²) in [6.45, 7) is 6.29. The highest BCUT2D eigenvalue weighted by Crippen LogP contribution is 2.69. The molecule has 19 heteroatoms. The van der Waals surface area contributed by atoms with Gasteiger partial charge in [-0.25, -0.2) is 0 Å². The van der Waals surface area contributed by atoms with Crippen molar-refractivity contribution >= 4 is 11.9 Å². The first-order chi connectivity index (χ1) is 28.5. The van der Waals surface area contributed by atoms with E-state index in [0.717, 1.165) is 5.57 Å². The van der Waals surface area contributed by atoms with Gasteiger partial charge in [-0.3, -0.25) is 9.59 Å². The van der Waals surface area contributed by atoms with Gasteiger partial charge < -0.3 is 83.1 Å². The largest absolute Gasteiger partial charge is 0.462 e. The predicted molar refractivity (Wildman–Crippen MR) is 199 cm³/mol. The van der Waals surface area contributed by atoms with Gasteiger partial charge in [0, 0.05) is 44.3 Å². The van der Waals surface area contributed by atoms with Crippen molar-refractivity contribution < 1.29 is 92.7 Å². The zero-order valence-corrected chi connectivity index (χ0v) is 34.8. The summed E-state index contributed by atoms with van der Waals surface area (Å²) in [4.78, 5) is 27.5. The van der Waals surface area contributed by atoms with E-state index in [9.17, 15) is 45.3 Å². The summed E-state index contributed by atoms with van der Waals surface area (Å²) in [5, 5.41) is 72.8. The summed E-state index contributed by atoms with van der Waals surface area (Å²) in [7, 11) is 3.06. The van der Waals surface area contributed by atoms with Crippen molar-refractivity contribution in [3.05, 3.63) is 11.6 Å². The summed E-state index contributed by atoms with van der Waals surface area (Å²) in [6.07, 6.45) is -14.0. The zero-order valence-electron chi connectivity index (χ0n) is 34.8. The molecular formula is C41H62O19. The highest BCUT2D eigenvalue weighted by Gasteiger charge is 2.77. The van der Waals surface area contributed by atoms with Crippen molar-refractivity contribution in [2.45, 2.75) is 170 Å². The molecule has 19 nitrogen and oxygen atoms in total. The lowest BCUT2D eigenvalue weighted by atomic mass is 9.51. The third kappa shape index (κ3) is 6.98. The summed E-state index contributed by atoms with van der Waals surface area (Å²) < 4.78 is 59.9. The Morgan fingerprint density at radius 3 is 2.15 bits per heavy atom. The Morgan fingerprint density at radius 2 is 1.48 bits per heavy atom. The van der Waals surface area contributed by atoms with E-state index in [4.69, 9.17) is 47.4 Å². The number of hydrogen-bond acceptors (Lipinski definition) is 19. The highest BCUT2D eigenvalue weighted by molar-refractivity contribution is 5.83. The first kappa shape index (κ1) is 44.7. The topological polar surface area (TPSA) is 268 Å². The lowest BCUT2D eigenvalue weighted by molar-refractivity contribution is -0.373. The average molecular weight is 859 g/mol. The van der Waals surface area contributed by atoms with E-state index in [1.807, 2.05) is 13.8 Å². The van der Waals surface area contributed by atoms with Crippen molar-refractivity contribution in [1.29, 1.82) is 0 Å². The van der Waals surface area contributed by atoms with Crippen LogP contribution in [0, 0.1) is 34.5 Å². The van der Waals surface area contributed by atoms with Crippen molar-refractivity contribution in [3.8, 4) is 0 Å². The van der Waals surface area contributed by atoms with Crippen LogP contribution in [0.1, 0.15) is 66.2 Å². The van der Waals surface area contributed by atoms with Crippen molar-refractivity contribution in [1.82, 2.24) is 0 Å². The smallest absolute Gasteiger partial charge is 0.313 e. The van der Waals surface area contributed by atoms with Crippen LogP contribution < -0.4 is 0 Å². The minimum Gasteiger partial charge on any atom is -0.462 e. The molecule has 60 heavy (non-hydrogen) atoms. The molecule has 8 aliphatic rings. The number of aliphatic hydroxyl groups excluding tert-OH is 7. The molecule has 8 rings (SSSR count). The second kappa shape index (κ2) is 16.6. The average Bonchev–Trinajstić information content (AvgIpc) is 3.62. The first-order valence-electron chi connectivity index (χ1n) is 21.2. The summed E-state index contributed by atoms with van der Waals surface area (Å²) >= 11 is 0. The fourth-order valence-corrected chi connectivity index (χ4v) is 12.2. The van der Waals surface area contributed by atoms with E-state index in [0.29, 0.717) is 32.1 Å². The second-order valence-corrected chi connectivity index (χ2v) is 18.5. The lowest BCUT2D eigenvalue weighted by Crippen LogP contribution is -2.65. The Hall–Kier alpha value is -1.92. The molecule has 23 atom stereocenters. The van der Waals surface area contributed by atoms with Crippen LogP contribution in [-0.4, -0.2) is 179 Å². The SMILES string of the molecule is CO[C@@H]1C[C@H](O[C@H]2CC[C@@]3(C)C(=CC[C@H]4[C@H]5[C@](OC)(C[C@H]6[C@H](C)OC(=O)[C@]65C)OC(=O)[C@@H]43)C2)O[C@H](C)[C@@H]1O[C@@H]1O[C@H](CO)[C@@H](O[C@@H]2O[C@H](CO)[C@@H](O)[C@H](O)[C@H]2O)[C@H](O)[C@H]1O. The molecule has 7 N–H and O–H groups in total. The van der Waals surface area contributed by atoms with Crippen LogP contribution >= 0.6 is 0 Å². The number of carbonyl (C=O) groups excluding carboxylic acids is 2. The number of ether oxygens (including phenoxy) is 10. The van der Waals surface area contributed by atoms with Gasteiger partial charge in [-0.15, -0.1) is 0 Å². The van der Waals surface area contributed by atoms with Gasteiger partial charge in [-0.05, 0) is 52.4 Å². The van der Waals surface area contributed by atoms with E-state index < -0.39 is 122 Å². The van der Waals surface area contributed by atoms with E-state index >= 15 is 0 Å². The van der Waals surface area contributed by atoms with Gasteiger partial charge in [0.1, 0.15) is 61.0 Å². The monoisotopic (exact) mass is 858 g/mol. The lowest BCUT2D eigenvalue weighted by Gasteiger charge is -2.57. The van der Waals surface area contributed by atoms with E-state index in [1.165, 1.54) is 7.11 Å². The third-order valence-corrected chi connectivity index (χ3v) is 15.4. The van der Waals surface area contributed by atoms with Gasteiger partial charge in [0.05, 0.1) is 42.9 Å². The summed E-state index contributed by atoms with van der Waals surface area (Å²) in [6, 6.07) is 0. The number of fused-ring (bicyclic) bond motifs is 7. The maximum atomic E-state index is 14.1. The Morgan fingerprint density at radius 1 is 0.817 bits per heavy atom. The molecule has 5 aliphatic heterocycles. The Balaban J connectivity index is 0.902. The molecule has 0 aromatic rings. The number of aliphatic hydroxyl groups is 7. The number of hydrogen-bond donors (Lipinski definition) is 7. The van der Waals surface area contributed by atoms with E-state index in [1.54, 1.807) is 14.0 Å². The molecule has 340 valence electrons. The molecule has 5 saturated heterocycles. The molecule has 0 unspecified atom stereocenters. The fraction of sp³-hybridized carbons (Fsp3) is 0.902. The molecule has 0 radical (unpaired) electrons. The number of allylic oxidation sites excluding steroid dienone is 1. The minimum atomic E-state index is -1.79.